The van der Waals surface area contributed by atoms with Crippen LogP contribution in [0.2, 0.25) is 0 Å². The van der Waals surface area contributed by atoms with E-state index in [2.05, 4.69) is 122 Å². The van der Waals surface area contributed by atoms with Gasteiger partial charge in [-0.05, 0) is 118 Å². The minimum atomic E-state index is 0.190. The summed E-state index contributed by atoms with van der Waals surface area (Å²) in [4.78, 5) is 2.88. The monoisotopic (exact) mass is 600 g/mol. The van der Waals surface area contributed by atoms with Crippen LogP contribution in [0.3, 0.4) is 0 Å². The predicted octanol–water partition coefficient (Wildman–Crippen LogP) is 11.9. The van der Waals surface area contributed by atoms with Crippen molar-refractivity contribution in [3.63, 3.8) is 0 Å². The number of rotatable bonds is 4. The largest absolute Gasteiger partial charge is 0.222 e. The maximum atomic E-state index is 2.55. The molecule has 1 saturated carbocycles. The molecule has 1 aromatic heterocycles. The zero-order valence-corrected chi connectivity index (χ0v) is 29.3. The highest BCUT2D eigenvalue weighted by atomic mass is 32.2. The van der Waals surface area contributed by atoms with Crippen molar-refractivity contribution < 1.29 is 4.57 Å². The number of hydrogen-bond acceptors (Lipinski definition) is 1. The summed E-state index contributed by atoms with van der Waals surface area (Å²) in [6.45, 7) is 19.1. The molecule has 0 amide bonds. The number of aromatic nitrogens is 1. The molecule has 228 valence electrons. The van der Waals surface area contributed by atoms with Gasteiger partial charge in [0.1, 0.15) is 7.05 Å². The highest BCUT2D eigenvalue weighted by molar-refractivity contribution is 8.00. The van der Waals surface area contributed by atoms with Gasteiger partial charge in [0, 0.05) is 21.2 Å². The highest BCUT2D eigenvalue weighted by Gasteiger charge is 2.34. The molecule has 0 bridgehead atoms. The first kappa shape index (κ1) is 29.8. The summed E-state index contributed by atoms with van der Waals surface area (Å²) in [6, 6.07) is 19.6. The van der Waals surface area contributed by atoms with E-state index in [0.717, 1.165) is 12.8 Å². The van der Waals surface area contributed by atoms with E-state index in [-0.39, 0.29) is 5.41 Å². The van der Waals surface area contributed by atoms with Gasteiger partial charge >= 0.3 is 0 Å². The summed E-state index contributed by atoms with van der Waals surface area (Å²) in [5, 5.41) is 8.51. The van der Waals surface area contributed by atoms with Crippen LogP contribution in [0.15, 0.2) is 64.5 Å². The van der Waals surface area contributed by atoms with Crippen molar-refractivity contribution in [1.82, 2.24) is 0 Å². The molecule has 5 aromatic rings. The van der Waals surface area contributed by atoms with Gasteiger partial charge in [-0.1, -0.05) is 96.6 Å². The molecule has 2 heteroatoms. The molecule has 0 radical (unpaired) electrons. The fraction of sp³-hybridized carbons (Fsp3) is 0.452. The zero-order chi connectivity index (χ0) is 31.1. The Bertz CT molecular complexity index is 1940. The Kier molecular flexibility index (Phi) is 7.20. The lowest BCUT2D eigenvalue weighted by molar-refractivity contribution is -0.659. The number of pyridine rings is 1. The average Bonchev–Trinajstić information content (AvgIpc) is 2.95. The third-order valence-corrected chi connectivity index (χ3v) is 11.7. The second kappa shape index (κ2) is 10.6. The van der Waals surface area contributed by atoms with Gasteiger partial charge < -0.3 is 0 Å². The number of benzene rings is 4. The highest BCUT2D eigenvalue weighted by Crippen LogP contribution is 2.54. The predicted molar refractivity (Wildman–Crippen MR) is 191 cm³/mol. The SMILES string of the molecule is Cc1c2c(c(CC(C)(C)C)c3ccc(CC(C)C)cc13)Sc1cc3ccc(C4CCC(C)(C)CC4)cc3c3cc[n+](C)c-2c13. The third kappa shape index (κ3) is 5.16. The van der Waals surface area contributed by atoms with Gasteiger partial charge in [0.15, 0.2) is 6.20 Å². The lowest BCUT2D eigenvalue weighted by Crippen LogP contribution is -2.32. The van der Waals surface area contributed by atoms with Crippen LogP contribution in [0.5, 0.6) is 0 Å². The van der Waals surface area contributed by atoms with Crippen LogP contribution in [0.25, 0.3) is 43.6 Å². The Morgan fingerprint density at radius 2 is 1.66 bits per heavy atom. The van der Waals surface area contributed by atoms with Gasteiger partial charge in [0.2, 0.25) is 5.69 Å². The van der Waals surface area contributed by atoms with E-state index in [1.54, 1.807) is 0 Å². The second-order valence-electron chi connectivity index (χ2n) is 16.5. The van der Waals surface area contributed by atoms with Crippen molar-refractivity contribution in [2.24, 2.45) is 23.8 Å². The molecule has 2 aliphatic rings. The van der Waals surface area contributed by atoms with E-state index in [0.29, 0.717) is 17.3 Å². The topological polar surface area (TPSA) is 3.88 Å². The molecule has 0 N–H and O–H groups in total. The van der Waals surface area contributed by atoms with Gasteiger partial charge in [0.25, 0.3) is 0 Å². The van der Waals surface area contributed by atoms with Gasteiger partial charge in [-0.2, -0.15) is 0 Å². The Balaban J connectivity index is 1.49. The summed E-state index contributed by atoms with van der Waals surface area (Å²) in [6.07, 6.45) is 9.76. The maximum absolute atomic E-state index is 2.55. The van der Waals surface area contributed by atoms with Gasteiger partial charge in [-0.3, -0.25) is 0 Å². The summed E-state index contributed by atoms with van der Waals surface area (Å²) < 4.78 is 2.40. The standard InChI is InChI=1S/C42H50NS/c1-25(2)20-27-10-13-31-33(21-27)26(3)37-39-38-32(16-19-43(39)9)34-22-29(28-14-17-42(7,8)18-15-28)11-12-30(34)23-36(38)44-40(37)35(31)24-41(4,5)6/h10-13,16,19,21-23,25,28H,14-15,17-18,20,24H2,1-9H3/q+1. The molecule has 4 aromatic carbocycles. The van der Waals surface area contributed by atoms with Gasteiger partial charge in [-0.15, -0.1) is 0 Å². The van der Waals surface area contributed by atoms with Crippen molar-refractivity contribution in [3.8, 4) is 11.3 Å². The summed E-state index contributed by atoms with van der Waals surface area (Å²) >= 11 is 2.03. The molecule has 0 saturated heterocycles. The van der Waals surface area contributed by atoms with Gasteiger partial charge in [-0.25, -0.2) is 4.57 Å². The molecule has 2 heterocycles. The fourth-order valence-electron chi connectivity index (χ4n) is 8.19. The smallest absolute Gasteiger partial charge is 0.200 e. The lowest BCUT2D eigenvalue weighted by atomic mass is 9.71. The van der Waals surface area contributed by atoms with E-state index in [4.69, 9.17) is 0 Å². The van der Waals surface area contributed by atoms with Crippen LogP contribution in [0, 0.1) is 23.7 Å². The molecule has 1 fully saturated rings. The van der Waals surface area contributed by atoms with Crippen molar-refractivity contribution in [2.45, 2.75) is 110 Å². The molecule has 1 aliphatic carbocycles. The summed E-state index contributed by atoms with van der Waals surface area (Å²) in [7, 11) is 2.25. The van der Waals surface area contributed by atoms with Crippen LogP contribution < -0.4 is 4.57 Å². The Morgan fingerprint density at radius 3 is 2.36 bits per heavy atom. The quantitative estimate of drug-likeness (QED) is 0.144. The Labute approximate surface area is 269 Å². The Hall–Kier alpha value is -2.84. The lowest BCUT2D eigenvalue weighted by Gasteiger charge is -2.34. The van der Waals surface area contributed by atoms with E-state index >= 15 is 0 Å². The zero-order valence-electron chi connectivity index (χ0n) is 28.4. The van der Waals surface area contributed by atoms with Crippen LogP contribution in [0.4, 0.5) is 0 Å². The summed E-state index contributed by atoms with van der Waals surface area (Å²) in [5.41, 5.74) is 9.46. The number of fused-ring (bicyclic) bond motifs is 5. The Morgan fingerprint density at radius 1 is 0.909 bits per heavy atom. The normalized spacial score (nSPS) is 16.8. The van der Waals surface area contributed by atoms with Crippen LogP contribution >= 0.6 is 11.8 Å². The van der Waals surface area contributed by atoms with Gasteiger partial charge in [0.05, 0.1) is 10.9 Å². The minimum absolute atomic E-state index is 0.190. The van der Waals surface area contributed by atoms with Crippen LogP contribution in [-0.4, -0.2) is 0 Å². The minimum Gasteiger partial charge on any atom is -0.200 e. The summed E-state index contributed by atoms with van der Waals surface area (Å²) in [5.74, 6) is 1.32. The molecule has 0 spiro atoms. The fourth-order valence-corrected chi connectivity index (χ4v) is 9.56. The third-order valence-electron chi connectivity index (χ3n) is 10.5. The van der Waals surface area contributed by atoms with Crippen LogP contribution in [-0.2, 0) is 19.9 Å². The molecule has 1 nitrogen and oxygen atoms in total. The van der Waals surface area contributed by atoms with Crippen molar-refractivity contribution in [1.29, 1.82) is 0 Å². The molecule has 7 rings (SSSR count). The van der Waals surface area contributed by atoms with Crippen molar-refractivity contribution in [2.75, 3.05) is 0 Å². The first-order valence-corrected chi connectivity index (χ1v) is 17.8. The van der Waals surface area contributed by atoms with Crippen molar-refractivity contribution >= 4 is 44.1 Å². The molecule has 1 aliphatic heterocycles. The number of hydrogen-bond donors (Lipinski definition) is 0. The van der Waals surface area contributed by atoms with E-state index in [9.17, 15) is 0 Å². The molecule has 0 atom stereocenters. The molecule has 0 unspecified atom stereocenters. The first-order valence-electron chi connectivity index (χ1n) is 16.9. The van der Waals surface area contributed by atoms with E-state index in [1.165, 1.54) is 101 Å². The number of nitrogens with zero attached hydrogens (tertiary/aromatic N) is 1. The molecular formula is C42H50NS+. The first-order chi connectivity index (χ1) is 20.8. The van der Waals surface area contributed by atoms with Crippen molar-refractivity contribution in [3.05, 3.63) is 77.0 Å². The van der Waals surface area contributed by atoms with E-state index in [1.807, 2.05) is 11.8 Å². The molecular weight excluding hydrogens is 551 g/mol. The average molecular weight is 601 g/mol. The number of aryl methyl sites for hydroxylation is 2. The van der Waals surface area contributed by atoms with Crippen LogP contribution in [0.1, 0.15) is 102 Å². The van der Waals surface area contributed by atoms with E-state index < -0.39 is 0 Å². The molecule has 44 heavy (non-hydrogen) atoms. The second-order valence-corrected chi connectivity index (χ2v) is 17.5. The maximum Gasteiger partial charge on any atom is 0.222 e.